The third-order valence-corrected chi connectivity index (χ3v) is 1.91. The van der Waals surface area contributed by atoms with Gasteiger partial charge in [0, 0.05) is 6.07 Å². The maximum Gasteiger partial charge on any atom is 0.289 e. The highest BCUT2D eigenvalue weighted by atomic mass is 19.3. The average molecular weight is 223 g/mol. The van der Waals surface area contributed by atoms with Crippen molar-refractivity contribution in [2.24, 2.45) is 5.73 Å². The van der Waals surface area contributed by atoms with Crippen molar-refractivity contribution in [3.05, 3.63) is 35.4 Å². The lowest BCUT2D eigenvalue weighted by molar-refractivity contribution is -0.0712. The summed E-state index contributed by atoms with van der Waals surface area (Å²) in [6, 6.07) is 0.0229. The lowest BCUT2D eigenvalue weighted by atomic mass is 10.0. The fourth-order valence-electron chi connectivity index (χ4n) is 1.10. The molecule has 0 bridgehead atoms. The van der Waals surface area contributed by atoms with E-state index in [-0.39, 0.29) is 0 Å². The first-order valence-electron chi connectivity index (χ1n) is 4.07. The molecule has 1 atom stereocenters. The van der Waals surface area contributed by atoms with Crippen LogP contribution in [0.4, 0.5) is 17.6 Å². The monoisotopic (exact) mass is 223 g/mol. The molecular weight excluding hydrogens is 214 g/mol. The van der Waals surface area contributed by atoms with Gasteiger partial charge in [-0.15, -0.1) is 0 Å². The van der Waals surface area contributed by atoms with Crippen molar-refractivity contribution >= 4 is 0 Å². The maximum atomic E-state index is 12.9. The van der Waals surface area contributed by atoms with Crippen LogP contribution in [-0.2, 0) is 0 Å². The minimum Gasteiger partial charge on any atom is -0.390 e. The minimum absolute atomic E-state index is 0.397. The van der Waals surface area contributed by atoms with Crippen molar-refractivity contribution in [3.8, 4) is 0 Å². The lowest BCUT2D eigenvalue weighted by Gasteiger charge is -2.21. The summed E-state index contributed by atoms with van der Waals surface area (Å²) < 4.78 is 51.1. The van der Waals surface area contributed by atoms with Crippen LogP contribution in [0.1, 0.15) is 11.6 Å². The topological polar surface area (TPSA) is 46.2 Å². The van der Waals surface area contributed by atoms with Crippen molar-refractivity contribution in [1.29, 1.82) is 0 Å². The van der Waals surface area contributed by atoms with Crippen molar-refractivity contribution in [3.63, 3.8) is 0 Å². The van der Waals surface area contributed by atoms with Crippen LogP contribution in [0.25, 0.3) is 0 Å². The molecular formula is C9H9F4NO. The molecule has 6 heteroatoms. The quantitative estimate of drug-likeness (QED) is 0.764. The second-order valence-corrected chi connectivity index (χ2v) is 3.10. The Kier molecular flexibility index (Phi) is 3.31. The first-order valence-corrected chi connectivity index (χ1v) is 4.07. The molecule has 0 amide bonds. The summed E-state index contributed by atoms with van der Waals surface area (Å²) in [6.45, 7) is -1.48. The Morgan fingerprint density at radius 3 is 2.07 bits per heavy atom. The number of nitrogens with two attached hydrogens (primary N) is 1. The van der Waals surface area contributed by atoms with E-state index in [0.29, 0.717) is 18.2 Å². The van der Waals surface area contributed by atoms with Gasteiger partial charge in [-0.25, -0.2) is 17.6 Å². The van der Waals surface area contributed by atoms with E-state index in [9.17, 15) is 17.6 Å². The van der Waals surface area contributed by atoms with Crippen molar-refractivity contribution in [1.82, 2.24) is 0 Å². The Morgan fingerprint density at radius 2 is 1.67 bits per heavy atom. The fraction of sp³-hybridized carbons (Fsp3) is 0.333. The van der Waals surface area contributed by atoms with Gasteiger partial charge in [0.2, 0.25) is 0 Å². The summed E-state index contributed by atoms with van der Waals surface area (Å²) in [4.78, 5) is 0. The molecule has 0 spiro atoms. The largest absolute Gasteiger partial charge is 0.390 e. The average Bonchev–Trinajstić information content (AvgIpc) is 2.15. The van der Waals surface area contributed by atoms with Gasteiger partial charge in [-0.1, -0.05) is 0 Å². The molecule has 84 valence electrons. The molecule has 0 saturated carbocycles. The number of halogens is 4. The predicted octanol–water partition coefficient (Wildman–Crippen LogP) is 1.59. The minimum atomic E-state index is -3.61. The van der Waals surface area contributed by atoms with Gasteiger partial charge in [-0.3, -0.25) is 0 Å². The molecule has 0 saturated heterocycles. The van der Waals surface area contributed by atoms with Gasteiger partial charge in [0.15, 0.2) is 0 Å². The number of rotatable bonds is 3. The highest BCUT2D eigenvalue weighted by Gasteiger charge is 2.37. The van der Waals surface area contributed by atoms with Gasteiger partial charge in [-0.05, 0) is 17.7 Å². The highest BCUT2D eigenvalue weighted by Crippen LogP contribution is 2.29. The predicted molar refractivity (Wildman–Crippen MR) is 45.3 cm³/mol. The summed E-state index contributed by atoms with van der Waals surface area (Å²) in [6.07, 6.45) is 0. The van der Waals surface area contributed by atoms with Crippen LogP contribution >= 0.6 is 0 Å². The zero-order valence-corrected chi connectivity index (χ0v) is 7.55. The molecule has 1 rings (SSSR count). The summed E-state index contributed by atoms with van der Waals surface area (Å²) >= 11 is 0. The Balaban J connectivity index is 3.06. The van der Waals surface area contributed by atoms with E-state index < -0.39 is 35.8 Å². The van der Waals surface area contributed by atoms with E-state index in [0.717, 1.165) is 0 Å². The number of hydrogen-bond acceptors (Lipinski definition) is 2. The van der Waals surface area contributed by atoms with Crippen LogP contribution in [-0.4, -0.2) is 17.6 Å². The van der Waals surface area contributed by atoms with Gasteiger partial charge >= 0.3 is 0 Å². The first kappa shape index (κ1) is 11.9. The Hall–Kier alpha value is -1.14. The smallest absolute Gasteiger partial charge is 0.289 e. The fourth-order valence-corrected chi connectivity index (χ4v) is 1.10. The molecule has 1 aromatic rings. The number of alkyl halides is 2. The second-order valence-electron chi connectivity index (χ2n) is 3.10. The van der Waals surface area contributed by atoms with Crippen LogP contribution in [0.5, 0.6) is 0 Å². The molecule has 0 aromatic heterocycles. The van der Waals surface area contributed by atoms with Crippen LogP contribution < -0.4 is 5.73 Å². The zero-order valence-electron chi connectivity index (χ0n) is 7.55. The van der Waals surface area contributed by atoms with Gasteiger partial charge < -0.3 is 10.8 Å². The maximum absolute atomic E-state index is 12.9. The number of aliphatic hydroxyl groups excluding tert-OH is 1. The summed E-state index contributed by atoms with van der Waals surface area (Å²) in [5.41, 5.74) is 4.68. The van der Waals surface area contributed by atoms with E-state index in [1.807, 2.05) is 0 Å². The third-order valence-electron chi connectivity index (χ3n) is 1.91. The molecule has 1 unspecified atom stereocenters. The molecule has 15 heavy (non-hydrogen) atoms. The normalized spacial score (nSPS) is 14.0. The summed E-state index contributed by atoms with van der Waals surface area (Å²) in [5.74, 6) is -5.59. The molecule has 2 nitrogen and oxygen atoms in total. The number of hydrogen-bond donors (Lipinski definition) is 2. The summed E-state index contributed by atoms with van der Waals surface area (Å²) in [7, 11) is 0. The van der Waals surface area contributed by atoms with E-state index in [2.05, 4.69) is 0 Å². The molecule has 3 N–H and O–H groups in total. The Morgan fingerprint density at radius 1 is 1.20 bits per heavy atom. The standard InChI is InChI=1S/C9H9F4NO/c10-6-1-5(2-7(11)3-6)8(14)9(12,13)4-15/h1-3,8,15H,4,14H2. The molecule has 1 aromatic carbocycles. The van der Waals surface area contributed by atoms with E-state index in [1.165, 1.54) is 0 Å². The summed E-state index contributed by atoms with van der Waals surface area (Å²) in [5, 5.41) is 8.35. The Bertz CT molecular complexity index is 336. The molecule has 0 radical (unpaired) electrons. The van der Waals surface area contributed by atoms with E-state index in [4.69, 9.17) is 10.8 Å². The molecule has 0 aliphatic rings. The van der Waals surface area contributed by atoms with Gasteiger partial charge in [-0.2, -0.15) is 0 Å². The zero-order chi connectivity index (χ0) is 11.6. The molecule has 0 heterocycles. The number of benzene rings is 1. The third kappa shape index (κ3) is 2.66. The van der Waals surface area contributed by atoms with E-state index in [1.54, 1.807) is 0 Å². The van der Waals surface area contributed by atoms with Crippen molar-refractivity contribution < 1.29 is 22.7 Å². The van der Waals surface area contributed by atoms with Crippen LogP contribution in [0.3, 0.4) is 0 Å². The van der Waals surface area contributed by atoms with Gasteiger partial charge in [0.05, 0.1) is 6.04 Å². The molecule has 0 aliphatic heterocycles. The Labute approximate surface area is 83.3 Å². The first-order chi connectivity index (χ1) is 6.86. The van der Waals surface area contributed by atoms with Crippen LogP contribution in [0.15, 0.2) is 18.2 Å². The molecule has 0 aliphatic carbocycles. The van der Waals surface area contributed by atoms with Crippen LogP contribution in [0.2, 0.25) is 0 Å². The number of aliphatic hydroxyl groups is 1. The van der Waals surface area contributed by atoms with Gasteiger partial charge in [0.1, 0.15) is 18.2 Å². The highest BCUT2D eigenvalue weighted by molar-refractivity contribution is 5.23. The molecule has 0 fully saturated rings. The van der Waals surface area contributed by atoms with E-state index >= 15 is 0 Å². The lowest BCUT2D eigenvalue weighted by Crippen LogP contribution is -2.36. The van der Waals surface area contributed by atoms with Crippen molar-refractivity contribution in [2.45, 2.75) is 12.0 Å². The van der Waals surface area contributed by atoms with Gasteiger partial charge in [0.25, 0.3) is 5.92 Å². The van der Waals surface area contributed by atoms with Crippen molar-refractivity contribution in [2.75, 3.05) is 6.61 Å². The SMILES string of the molecule is NC(c1cc(F)cc(F)c1)C(F)(F)CO. The van der Waals surface area contributed by atoms with Crippen LogP contribution in [0, 0.1) is 11.6 Å². The second kappa shape index (κ2) is 4.16.